The summed E-state index contributed by atoms with van der Waals surface area (Å²) in [5, 5.41) is 10.4. The second-order valence-electron chi connectivity index (χ2n) is 6.96. The SMILES string of the molecule is CCC[C@@H](NC(=O)CSC1=Nc2ccccc2[C@H]2CC=NN12)c1ccccc1. The summed E-state index contributed by atoms with van der Waals surface area (Å²) in [5.74, 6) is 0.348. The molecule has 2 aliphatic heterocycles. The third-order valence-corrected chi connectivity index (χ3v) is 5.93. The second-order valence-corrected chi connectivity index (χ2v) is 7.90. The highest BCUT2D eigenvalue weighted by atomic mass is 32.2. The molecule has 0 aliphatic carbocycles. The van der Waals surface area contributed by atoms with Gasteiger partial charge in [-0.3, -0.25) is 4.79 Å². The molecule has 5 nitrogen and oxygen atoms in total. The minimum absolute atomic E-state index is 0.0218. The number of aliphatic imine (C=N–C) groups is 1. The van der Waals surface area contributed by atoms with E-state index in [4.69, 9.17) is 4.99 Å². The number of amidine groups is 1. The summed E-state index contributed by atoms with van der Waals surface area (Å²) >= 11 is 1.45. The van der Waals surface area contributed by atoms with Crippen LogP contribution in [0.5, 0.6) is 0 Å². The number of carbonyl (C=O) groups excluding carboxylic acids is 1. The first-order chi connectivity index (χ1) is 13.8. The lowest BCUT2D eigenvalue weighted by Gasteiger charge is -2.29. The van der Waals surface area contributed by atoms with Crippen molar-refractivity contribution in [2.24, 2.45) is 10.1 Å². The topological polar surface area (TPSA) is 57.1 Å². The summed E-state index contributed by atoms with van der Waals surface area (Å²) in [5.41, 5.74) is 3.32. The van der Waals surface area contributed by atoms with Gasteiger partial charge in [-0.25, -0.2) is 10.0 Å². The lowest BCUT2D eigenvalue weighted by atomic mass is 10.0. The Kier molecular flexibility index (Phi) is 5.76. The van der Waals surface area contributed by atoms with Crippen LogP contribution in [-0.2, 0) is 4.79 Å². The molecule has 2 aromatic rings. The van der Waals surface area contributed by atoms with E-state index in [9.17, 15) is 4.79 Å². The highest BCUT2D eigenvalue weighted by Crippen LogP contribution is 2.40. The number of hydrogen-bond donors (Lipinski definition) is 1. The molecule has 28 heavy (non-hydrogen) atoms. The van der Waals surface area contributed by atoms with Crippen molar-refractivity contribution in [3.63, 3.8) is 0 Å². The maximum Gasteiger partial charge on any atom is 0.230 e. The van der Waals surface area contributed by atoms with Gasteiger partial charge in [-0.05, 0) is 18.1 Å². The van der Waals surface area contributed by atoms with E-state index in [2.05, 4.69) is 35.5 Å². The van der Waals surface area contributed by atoms with Gasteiger partial charge < -0.3 is 5.32 Å². The Morgan fingerprint density at radius 1 is 1.21 bits per heavy atom. The van der Waals surface area contributed by atoms with E-state index >= 15 is 0 Å². The number of para-hydroxylation sites is 1. The van der Waals surface area contributed by atoms with Crippen LogP contribution in [0.15, 0.2) is 64.7 Å². The Labute approximate surface area is 169 Å². The maximum atomic E-state index is 12.6. The Morgan fingerprint density at radius 3 is 2.82 bits per heavy atom. The van der Waals surface area contributed by atoms with Crippen LogP contribution in [0.2, 0.25) is 0 Å². The molecule has 2 aliphatic rings. The van der Waals surface area contributed by atoms with Crippen molar-refractivity contribution >= 4 is 34.7 Å². The van der Waals surface area contributed by atoms with E-state index in [1.165, 1.54) is 17.3 Å². The van der Waals surface area contributed by atoms with Gasteiger partial charge in [0.15, 0.2) is 5.17 Å². The number of rotatable bonds is 6. The summed E-state index contributed by atoms with van der Waals surface area (Å²) in [6, 6.07) is 18.6. The van der Waals surface area contributed by atoms with Crippen LogP contribution in [0.25, 0.3) is 0 Å². The monoisotopic (exact) mass is 392 g/mol. The molecule has 0 saturated carbocycles. The molecule has 0 bridgehead atoms. The number of thioether (sulfide) groups is 1. The molecule has 0 fully saturated rings. The fraction of sp³-hybridized carbons (Fsp3) is 0.318. The molecule has 0 radical (unpaired) electrons. The zero-order valence-electron chi connectivity index (χ0n) is 15.9. The number of hydrazone groups is 1. The molecule has 4 rings (SSSR count). The number of hydrogen-bond acceptors (Lipinski definition) is 5. The van der Waals surface area contributed by atoms with E-state index in [1.54, 1.807) is 0 Å². The third-order valence-electron chi connectivity index (χ3n) is 4.98. The van der Waals surface area contributed by atoms with Gasteiger partial charge in [-0.2, -0.15) is 5.10 Å². The summed E-state index contributed by atoms with van der Waals surface area (Å²) < 4.78 is 0. The molecule has 0 aromatic heterocycles. The minimum atomic E-state index is 0.0218. The molecule has 2 heterocycles. The largest absolute Gasteiger partial charge is 0.349 e. The first kappa shape index (κ1) is 18.7. The summed E-state index contributed by atoms with van der Waals surface area (Å²) in [7, 11) is 0. The highest BCUT2D eigenvalue weighted by Gasteiger charge is 2.32. The quantitative estimate of drug-likeness (QED) is 0.767. The standard InChI is InChI=1S/C22H24N4OS/c1-2-8-18(16-9-4-3-5-10-16)24-21(27)15-28-22-25-19-12-7-6-11-17(19)20-13-14-23-26(20)22/h3-7,9-12,14,18,20H,2,8,13,15H2,1H3,(H,24,27)/t18-,20-/m1/s1. The van der Waals surface area contributed by atoms with Crippen molar-refractivity contribution in [2.75, 3.05) is 5.75 Å². The summed E-state index contributed by atoms with van der Waals surface area (Å²) in [6.45, 7) is 2.14. The van der Waals surface area contributed by atoms with Gasteiger partial charge in [0.25, 0.3) is 0 Å². The molecule has 6 heteroatoms. The molecule has 1 amide bonds. The highest BCUT2D eigenvalue weighted by molar-refractivity contribution is 8.14. The second kappa shape index (κ2) is 8.61. The van der Waals surface area contributed by atoms with Crippen molar-refractivity contribution in [3.05, 3.63) is 65.7 Å². The van der Waals surface area contributed by atoms with E-state index in [0.717, 1.165) is 35.7 Å². The first-order valence-electron chi connectivity index (χ1n) is 9.72. The number of nitrogens with zero attached hydrogens (tertiary/aromatic N) is 3. The first-order valence-corrected chi connectivity index (χ1v) is 10.7. The normalized spacial score (nSPS) is 18.2. The molecule has 144 valence electrons. The van der Waals surface area contributed by atoms with E-state index in [1.807, 2.05) is 47.6 Å². The average molecular weight is 393 g/mol. The van der Waals surface area contributed by atoms with Crippen molar-refractivity contribution in [1.82, 2.24) is 10.3 Å². The van der Waals surface area contributed by atoms with Gasteiger partial charge in [0.05, 0.1) is 23.5 Å². The Balaban J connectivity index is 1.43. The molecule has 0 spiro atoms. The van der Waals surface area contributed by atoms with Gasteiger partial charge in [-0.15, -0.1) is 0 Å². The van der Waals surface area contributed by atoms with Gasteiger partial charge in [0.1, 0.15) is 0 Å². The van der Waals surface area contributed by atoms with Crippen LogP contribution < -0.4 is 5.32 Å². The maximum absolute atomic E-state index is 12.6. The number of nitrogens with one attached hydrogen (secondary N) is 1. The number of carbonyl (C=O) groups is 1. The van der Waals surface area contributed by atoms with Gasteiger partial charge in [0.2, 0.25) is 5.91 Å². The summed E-state index contributed by atoms with van der Waals surface area (Å²) in [4.78, 5) is 17.4. The van der Waals surface area contributed by atoms with Crippen LogP contribution in [0.4, 0.5) is 5.69 Å². The molecule has 0 unspecified atom stereocenters. The van der Waals surface area contributed by atoms with Gasteiger partial charge in [-0.1, -0.05) is 73.6 Å². The van der Waals surface area contributed by atoms with Crippen molar-refractivity contribution in [1.29, 1.82) is 0 Å². The van der Waals surface area contributed by atoms with Crippen molar-refractivity contribution in [2.45, 2.75) is 38.3 Å². The van der Waals surface area contributed by atoms with Crippen LogP contribution in [0, 0.1) is 0 Å². The molecular weight excluding hydrogens is 368 g/mol. The molecular formula is C22H24N4OS. The minimum Gasteiger partial charge on any atom is -0.349 e. The van der Waals surface area contributed by atoms with Gasteiger partial charge >= 0.3 is 0 Å². The van der Waals surface area contributed by atoms with E-state index < -0.39 is 0 Å². The molecule has 0 saturated heterocycles. The predicted octanol–water partition coefficient (Wildman–Crippen LogP) is 4.81. The Bertz CT molecular complexity index is 896. The number of benzene rings is 2. The van der Waals surface area contributed by atoms with Crippen molar-refractivity contribution in [3.8, 4) is 0 Å². The zero-order valence-corrected chi connectivity index (χ0v) is 16.7. The fourth-order valence-corrected chi connectivity index (χ4v) is 4.46. The number of fused-ring (bicyclic) bond motifs is 3. The number of amides is 1. The molecule has 1 N–H and O–H groups in total. The Hall–Kier alpha value is -2.60. The fourth-order valence-electron chi connectivity index (χ4n) is 3.64. The van der Waals surface area contributed by atoms with Crippen LogP contribution in [0.1, 0.15) is 49.4 Å². The molecule has 2 atom stereocenters. The zero-order chi connectivity index (χ0) is 19.3. The van der Waals surface area contributed by atoms with Crippen molar-refractivity contribution < 1.29 is 4.79 Å². The average Bonchev–Trinajstić information content (AvgIpc) is 3.23. The summed E-state index contributed by atoms with van der Waals surface area (Å²) in [6.07, 6.45) is 4.73. The smallest absolute Gasteiger partial charge is 0.230 e. The third kappa shape index (κ3) is 3.97. The predicted molar refractivity (Wildman–Crippen MR) is 116 cm³/mol. The van der Waals surface area contributed by atoms with Crippen LogP contribution in [0.3, 0.4) is 0 Å². The van der Waals surface area contributed by atoms with Gasteiger partial charge in [0, 0.05) is 18.2 Å². The van der Waals surface area contributed by atoms with Crippen LogP contribution in [-0.4, -0.2) is 28.1 Å². The molecule has 2 aromatic carbocycles. The van der Waals surface area contributed by atoms with E-state index in [-0.39, 0.29) is 18.0 Å². The lowest BCUT2D eigenvalue weighted by molar-refractivity contribution is -0.119. The Morgan fingerprint density at radius 2 is 2.00 bits per heavy atom. The lowest BCUT2D eigenvalue weighted by Crippen LogP contribution is -2.32. The van der Waals surface area contributed by atoms with Crippen LogP contribution >= 0.6 is 11.8 Å². The van der Waals surface area contributed by atoms with E-state index in [0.29, 0.717) is 5.75 Å².